The standard InChI is InChI=1S/C18H30N4O3/c1-20(2)14-7-10-22(13-14)17(23)6-5-16-19-9-12-21(16)11-8-18(24)25-15-3-4-15/h9,12,14-16,19H,3-8,10-11,13H2,1-2H3/t14-,16?/m0/s1. The van der Waals surface area contributed by atoms with Gasteiger partial charge in [0.2, 0.25) is 5.91 Å². The van der Waals surface area contributed by atoms with Crippen LogP contribution in [-0.4, -0.2) is 78.6 Å². The van der Waals surface area contributed by atoms with E-state index in [1.54, 1.807) is 0 Å². The second-order valence-electron chi connectivity index (χ2n) is 7.46. The van der Waals surface area contributed by atoms with Gasteiger partial charge in [0.15, 0.2) is 0 Å². The van der Waals surface area contributed by atoms with E-state index < -0.39 is 0 Å². The third-order valence-electron chi connectivity index (χ3n) is 5.23. The van der Waals surface area contributed by atoms with Crippen molar-refractivity contribution in [3.8, 4) is 0 Å². The quantitative estimate of drug-likeness (QED) is 0.651. The van der Waals surface area contributed by atoms with E-state index >= 15 is 0 Å². The molecular weight excluding hydrogens is 320 g/mol. The predicted molar refractivity (Wildman–Crippen MR) is 94.4 cm³/mol. The van der Waals surface area contributed by atoms with Gasteiger partial charge in [0.25, 0.3) is 0 Å². The van der Waals surface area contributed by atoms with Crippen molar-refractivity contribution in [1.82, 2.24) is 20.0 Å². The molecule has 3 rings (SSSR count). The largest absolute Gasteiger partial charge is 0.462 e. The highest BCUT2D eigenvalue weighted by Gasteiger charge is 2.29. The summed E-state index contributed by atoms with van der Waals surface area (Å²) in [6.07, 6.45) is 8.83. The normalized spacial score (nSPS) is 25.6. The van der Waals surface area contributed by atoms with E-state index in [4.69, 9.17) is 4.74 Å². The second kappa shape index (κ2) is 8.08. The van der Waals surface area contributed by atoms with E-state index in [9.17, 15) is 9.59 Å². The van der Waals surface area contributed by atoms with Gasteiger partial charge in [-0.15, -0.1) is 0 Å². The SMILES string of the molecule is CN(C)[C@H]1CCN(C(=O)CCC2NC=CN2CCC(=O)OC2CC2)C1. The molecule has 0 radical (unpaired) electrons. The van der Waals surface area contributed by atoms with Gasteiger partial charge in [-0.2, -0.15) is 0 Å². The molecule has 1 unspecified atom stereocenters. The van der Waals surface area contributed by atoms with Crippen molar-refractivity contribution < 1.29 is 14.3 Å². The molecule has 2 aliphatic heterocycles. The number of carbonyl (C=O) groups is 2. The van der Waals surface area contributed by atoms with E-state index in [0.717, 1.165) is 38.8 Å². The Hall–Kier alpha value is -1.76. The third-order valence-corrected chi connectivity index (χ3v) is 5.23. The molecule has 2 fully saturated rings. The smallest absolute Gasteiger partial charge is 0.307 e. The molecular formula is C18H30N4O3. The molecule has 0 aromatic heterocycles. The predicted octanol–water partition coefficient (Wildman–Crippen LogP) is 0.727. The Labute approximate surface area is 150 Å². The summed E-state index contributed by atoms with van der Waals surface area (Å²) in [6, 6.07) is 0.476. The molecule has 3 aliphatic rings. The number of likely N-dealkylation sites (N-methyl/N-ethyl adjacent to an activating group) is 1. The molecule has 1 amide bonds. The molecule has 1 saturated carbocycles. The van der Waals surface area contributed by atoms with E-state index in [2.05, 4.69) is 29.2 Å². The number of amides is 1. The summed E-state index contributed by atoms with van der Waals surface area (Å²) in [6.45, 7) is 2.31. The Balaban J connectivity index is 1.36. The van der Waals surface area contributed by atoms with Gasteiger partial charge in [0, 0.05) is 44.5 Å². The summed E-state index contributed by atoms with van der Waals surface area (Å²) < 4.78 is 5.28. The van der Waals surface area contributed by atoms with Gasteiger partial charge < -0.3 is 24.8 Å². The first-order valence-electron chi connectivity index (χ1n) is 9.35. The number of hydrogen-bond acceptors (Lipinski definition) is 6. The molecule has 1 aliphatic carbocycles. The Bertz CT molecular complexity index is 518. The summed E-state index contributed by atoms with van der Waals surface area (Å²) in [5, 5.41) is 3.27. The minimum Gasteiger partial charge on any atom is -0.462 e. The van der Waals surface area contributed by atoms with Crippen LogP contribution in [0.4, 0.5) is 0 Å². The van der Waals surface area contributed by atoms with Crippen LogP contribution >= 0.6 is 0 Å². The van der Waals surface area contributed by atoms with Crippen molar-refractivity contribution in [2.45, 2.75) is 56.8 Å². The Morgan fingerprint density at radius 3 is 2.72 bits per heavy atom. The maximum atomic E-state index is 12.4. The summed E-state index contributed by atoms with van der Waals surface area (Å²) in [4.78, 5) is 30.4. The van der Waals surface area contributed by atoms with Gasteiger partial charge in [-0.25, -0.2) is 0 Å². The van der Waals surface area contributed by atoms with Gasteiger partial charge in [-0.1, -0.05) is 0 Å². The highest BCUT2D eigenvalue weighted by Crippen LogP contribution is 2.24. The maximum absolute atomic E-state index is 12.4. The van der Waals surface area contributed by atoms with E-state index in [-0.39, 0.29) is 24.1 Å². The number of carbonyl (C=O) groups excluding carboxylic acids is 2. The first-order valence-corrected chi connectivity index (χ1v) is 9.35. The van der Waals surface area contributed by atoms with Gasteiger partial charge in [0.05, 0.1) is 12.6 Å². The van der Waals surface area contributed by atoms with E-state index in [1.807, 2.05) is 17.3 Å². The molecule has 2 heterocycles. The first-order chi connectivity index (χ1) is 12.0. The lowest BCUT2D eigenvalue weighted by Gasteiger charge is -2.26. The minimum absolute atomic E-state index is 0.0879. The Kier molecular flexibility index (Phi) is 5.83. The summed E-state index contributed by atoms with van der Waals surface area (Å²) >= 11 is 0. The van der Waals surface area contributed by atoms with Crippen molar-refractivity contribution in [2.24, 2.45) is 0 Å². The number of nitrogens with zero attached hydrogens (tertiary/aromatic N) is 3. The second-order valence-corrected chi connectivity index (χ2v) is 7.46. The molecule has 25 heavy (non-hydrogen) atoms. The topological polar surface area (TPSA) is 65.1 Å². The van der Waals surface area contributed by atoms with E-state index in [0.29, 0.717) is 25.4 Å². The monoisotopic (exact) mass is 350 g/mol. The number of likely N-dealkylation sites (tertiary alicyclic amines) is 1. The Morgan fingerprint density at radius 1 is 1.24 bits per heavy atom. The molecule has 2 atom stereocenters. The van der Waals surface area contributed by atoms with E-state index in [1.165, 1.54) is 0 Å². The Morgan fingerprint density at radius 2 is 2.04 bits per heavy atom. The lowest BCUT2D eigenvalue weighted by molar-refractivity contribution is -0.145. The molecule has 0 aromatic carbocycles. The fraction of sp³-hybridized carbons (Fsp3) is 0.778. The lowest BCUT2D eigenvalue weighted by Crippen LogP contribution is -2.39. The third kappa shape index (κ3) is 5.11. The van der Waals surface area contributed by atoms with Crippen molar-refractivity contribution in [3.05, 3.63) is 12.4 Å². The number of hydrogen-bond donors (Lipinski definition) is 1. The van der Waals surface area contributed by atoms with Crippen molar-refractivity contribution >= 4 is 11.9 Å². The molecule has 140 valence electrons. The highest BCUT2D eigenvalue weighted by atomic mass is 16.5. The van der Waals surface area contributed by atoms with Gasteiger partial charge >= 0.3 is 5.97 Å². The molecule has 0 aromatic rings. The van der Waals surface area contributed by atoms with Crippen LogP contribution in [0.3, 0.4) is 0 Å². The van der Waals surface area contributed by atoms with Crippen molar-refractivity contribution in [2.75, 3.05) is 33.7 Å². The fourth-order valence-electron chi connectivity index (χ4n) is 3.39. The summed E-state index contributed by atoms with van der Waals surface area (Å²) in [7, 11) is 4.14. The van der Waals surface area contributed by atoms with Crippen LogP contribution < -0.4 is 5.32 Å². The van der Waals surface area contributed by atoms with Crippen molar-refractivity contribution in [1.29, 1.82) is 0 Å². The zero-order valence-electron chi connectivity index (χ0n) is 15.3. The molecule has 1 N–H and O–H groups in total. The first kappa shape index (κ1) is 18.0. The number of nitrogens with one attached hydrogen (secondary N) is 1. The van der Waals surface area contributed by atoms with Crippen LogP contribution in [0.15, 0.2) is 12.4 Å². The van der Waals surface area contributed by atoms with Gasteiger partial charge in [0.1, 0.15) is 6.10 Å². The van der Waals surface area contributed by atoms with Crippen LogP contribution in [0.2, 0.25) is 0 Å². The minimum atomic E-state index is -0.121. The number of ether oxygens (including phenoxy) is 1. The van der Waals surface area contributed by atoms with Crippen LogP contribution in [0.1, 0.15) is 38.5 Å². The maximum Gasteiger partial charge on any atom is 0.307 e. The fourth-order valence-corrected chi connectivity index (χ4v) is 3.39. The van der Waals surface area contributed by atoms with Crippen LogP contribution in [0.25, 0.3) is 0 Å². The molecule has 1 saturated heterocycles. The summed E-state index contributed by atoms with van der Waals surface area (Å²) in [5.41, 5.74) is 0. The number of esters is 1. The average molecular weight is 350 g/mol. The summed E-state index contributed by atoms with van der Waals surface area (Å²) in [5.74, 6) is 0.107. The van der Waals surface area contributed by atoms with Crippen molar-refractivity contribution in [3.63, 3.8) is 0 Å². The molecule has 0 spiro atoms. The average Bonchev–Trinajstić information content (AvgIpc) is 3.09. The van der Waals surface area contributed by atoms with Crippen LogP contribution in [-0.2, 0) is 14.3 Å². The van der Waals surface area contributed by atoms with Gasteiger partial charge in [-0.05, 0) is 39.8 Å². The molecule has 7 heteroatoms. The lowest BCUT2D eigenvalue weighted by atomic mass is 10.2. The van der Waals surface area contributed by atoms with Gasteiger partial charge in [-0.3, -0.25) is 9.59 Å². The highest BCUT2D eigenvalue weighted by molar-refractivity contribution is 5.76. The molecule has 7 nitrogen and oxygen atoms in total. The number of rotatable bonds is 8. The van der Waals surface area contributed by atoms with Crippen LogP contribution in [0.5, 0.6) is 0 Å². The van der Waals surface area contributed by atoms with Crippen LogP contribution in [0, 0.1) is 0 Å². The zero-order chi connectivity index (χ0) is 17.8. The zero-order valence-corrected chi connectivity index (χ0v) is 15.3. The molecule has 0 bridgehead atoms.